The van der Waals surface area contributed by atoms with Gasteiger partial charge in [0.1, 0.15) is 13.2 Å². The number of carbonyl (C=O) groups is 6. The molecule has 0 aliphatic rings. The Kier molecular flexibility index (Phi) is 22.0. The van der Waals surface area contributed by atoms with Gasteiger partial charge in [0.2, 0.25) is 0 Å². The van der Waals surface area contributed by atoms with E-state index in [1.54, 1.807) is 55.4 Å². The molecule has 0 heterocycles. The van der Waals surface area contributed by atoms with Crippen molar-refractivity contribution in [2.75, 3.05) is 27.3 Å². The van der Waals surface area contributed by atoms with Gasteiger partial charge in [-0.05, 0) is 53.4 Å². The lowest BCUT2D eigenvalue weighted by atomic mass is 10.0. The summed E-state index contributed by atoms with van der Waals surface area (Å²) < 4.78 is 33.9. The Morgan fingerprint density at radius 3 is 0.979 bits per heavy atom. The molecular weight excluding hydrogens is 628 g/mol. The van der Waals surface area contributed by atoms with Gasteiger partial charge in [-0.3, -0.25) is 19.2 Å². The van der Waals surface area contributed by atoms with Crippen LogP contribution < -0.4 is 0 Å². The first-order valence-corrected chi connectivity index (χ1v) is 16.4. The number of nitrogens with zero attached hydrogens (tertiary/aromatic N) is 2. The van der Waals surface area contributed by atoms with E-state index >= 15 is 0 Å². The van der Waals surface area contributed by atoms with E-state index in [0.29, 0.717) is 36.8 Å². The number of likely N-dealkylation sites (N-methyl/N-ethyl adjacent to an activating group) is 2. The van der Waals surface area contributed by atoms with Crippen molar-refractivity contribution < 1.29 is 57.2 Å². The second-order valence-corrected chi connectivity index (χ2v) is 11.3. The van der Waals surface area contributed by atoms with Gasteiger partial charge in [0.05, 0.1) is 0 Å². The molecule has 0 aliphatic heterocycles. The van der Waals surface area contributed by atoms with Crippen molar-refractivity contribution >= 4 is 35.8 Å². The van der Waals surface area contributed by atoms with Gasteiger partial charge in [0.15, 0.2) is 24.4 Å². The Labute approximate surface area is 284 Å². The van der Waals surface area contributed by atoms with Gasteiger partial charge in [-0.25, -0.2) is 9.59 Å². The third-order valence-electron chi connectivity index (χ3n) is 6.51. The molecule has 0 saturated heterocycles. The quantitative estimate of drug-likeness (QED) is 0.0748. The van der Waals surface area contributed by atoms with Crippen molar-refractivity contribution in [1.82, 2.24) is 0 Å². The summed E-state index contributed by atoms with van der Waals surface area (Å²) in [5.74, 6) is -4.65. The Bertz CT molecular complexity index is 1050. The molecule has 0 aromatic carbocycles. The van der Waals surface area contributed by atoms with E-state index < -0.39 is 73.4 Å². The van der Waals surface area contributed by atoms with Crippen LogP contribution in [0.15, 0.2) is 22.5 Å². The molecular formula is C34H54N2O12-2. The molecule has 14 nitrogen and oxygen atoms in total. The Morgan fingerprint density at radius 1 is 0.479 bits per heavy atom. The third kappa shape index (κ3) is 16.1. The minimum atomic E-state index is -1.68. The number of esters is 6. The van der Waals surface area contributed by atoms with E-state index in [-0.39, 0.29) is 37.1 Å². The highest BCUT2D eigenvalue weighted by Crippen LogP contribution is 2.24. The highest BCUT2D eigenvalue weighted by atomic mass is 16.6. The predicted octanol–water partition coefficient (Wildman–Crippen LogP) is 5.52. The number of ether oxygens (including phenoxy) is 6. The zero-order valence-electron chi connectivity index (χ0n) is 30.2. The first-order valence-electron chi connectivity index (χ1n) is 16.4. The van der Waals surface area contributed by atoms with E-state index in [4.69, 9.17) is 28.4 Å². The number of hydrogen-bond acceptors (Lipinski definition) is 12. The summed E-state index contributed by atoms with van der Waals surface area (Å²) in [5, 5.41) is 7.89. The molecule has 0 spiro atoms. The summed E-state index contributed by atoms with van der Waals surface area (Å²) in [7, 11) is 2.81. The number of carbonyl (C=O) groups excluding carboxylic acids is 6. The molecule has 0 rings (SSSR count). The zero-order valence-corrected chi connectivity index (χ0v) is 30.2. The van der Waals surface area contributed by atoms with E-state index in [1.807, 2.05) is 0 Å². The van der Waals surface area contributed by atoms with E-state index in [2.05, 4.69) is 10.6 Å². The molecule has 0 radical (unpaired) electrons. The minimum Gasteiger partial charge on any atom is -0.681 e. The summed E-state index contributed by atoms with van der Waals surface area (Å²) in [6, 6.07) is 0. The molecule has 0 bridgehead atoms. The zero-order chi connectivity index (χ0) is 36.8. The lowest BCUT2D eigenvalue weighted by molar-refractivity contribution is -0.209. The molecule has 0 aromatic heterocycles. The molecule has 0 saturated carbocycles. The Balaban J connectivity index is 7.29. The first kappa shape index (κ1) is 43.9. The predicted molar refractivity (Wildman–Crippen MR) is 176 cm³/mol. The second-order valence-electron chi connectivity index (χ2n) is 11.3. The van der Waals surface area contributed by atoms with Crippen LogP contribution in [0.2, 0.25) is 0 Å². The monoisotopic (exact) mass is 682 g/mol. The standard InChI is InChI=1S/C34H54N2O12/c1-11-15-25(37)45-23(19-43-33(41)29(35-9)21(5)6)31(47-27(39)17-13-3)32(48-28(40)18-14-4)24(46-26(38)16-12-2)20-44-34(42)30(36-10)22(7)8/h23-24,31-32H,11-20H2,1-10H3/q-2/t23-,24-,31-,32-/m1/s1. The highest BCUT2D eigenvalue weighted by molar-refractivity contribution is 5.92. The van der Waals surface area contributed by atoms with Crippen LogP contribution in [0, 0.1) is 0 Å². The summed E-state index contributed by atoms with van der Waals surface area (Å²) in [6.45, 7) is 12.3. The van der Waals surface area contributed by atoms with Gasteiger partial charge in [-0.2, -0.15) is 0 Å². The third-order valence-corrected chi connectivity index (χ3v) is 6.51. The molecule has 0 N–H and O–H groups in total. The van der Waals surface area contributed by atoms with Gasteiger partial charge < -0.3 is 39.1 Å². The number of rotatable bonds is 23. The number of hydrogen-bond donors (Lipinski definition) is 0. The Hall–Kier alpha value is -4.10. The maximum atomic E-state index is 13.0. The van der Waals surface area contributed by atoms with Crippen molar-refractivity contribution in [1.29, 1.82) is 0 Å². The van der Waals surface area contributed by atoms with Crippen LogP contribution in [-0.4, -0.2) is 87.5 Å². The van der Waals surface area contributed by atoms with Crippen LogP contribution in [-0.2, 0) is 57.2 Å². The fourth-order valence-corrected chi connectivity index (χ4v) is 4.28. The van der Waals surface area contributed by atoms with E-state index in [1.165, 1.54) is 14.1 Å². The van der Waals surface area contributed by atoms with Crippen LogP contribution >= 0.6 is 0 Å². The molecule has 14 heteroatoms. The highest BCUT2D eigenvalue weighted by Gasteiger charge is 2.45. The summed E-state index contributed by atoms with van der Waals surface area (Å²) >= 11 is 0. The average molecular weight is 683 g/mol. The molecule has 48 heavy (non-hydrogen) atoms. The Morgan fingerprint density at radius 2 is 0.750 bits per heavy atom. The van der Waals surface area contributed by atoms with E-state index in [0.717, 1.165) is 0 Å². The largest absolute Gasteiger partial charge is 0.681 e. The van der Waals surface area contributed by atoms with Gasteiger partial charge in [-0.15, -0.1) is 14.1 Å². The maximum Gasteiger partial charge on any atom is 0.315 e. The lowest BCUT2D eigenvalue weighted by Gasteiger charge is -2.36. The summed E-state index contributed by atoms with van der Waals surface area (Å²) in [6.07, 6.45) is -5.12. The second kappa shape index (κ2) is 24.1. The fourth-order valence-electron chi connectivity index (χ4n) is 4.28. The fraction of sp³-hybridized carbons (Fsp3) is 0.706. The normalized spacial score (nSPS) is 13.0. The van der Waals surface area contributed by atoms with Gasteiger partial charge in [0, 0.05) is 25.7 Å². The van der Waals surface area contributed by atoms with Crippen molar-refractivity contribution in [3.63, 3.8) is 0 Å². The van der Waals surface area contributed by atoms with Crippen LogP contribution in [0.25, 0.3) is 10.6 Å². The SMILES string of the molecule is CCCC(=O)O[C@@H]([C@H](OC(=O)CCC)[C@@H](COC(=O)C([N-]C)=C(C)C)OC(=O)CCC)[C@@H](COC(=O)C([N-]C)=C(C)C)OC(=O)CCC. The molecule has 274 valence electrons. The van der Waals surface area contributed by atoms with Crippen LogP contribution in [0.4, 0.5) is 0 Å². The smallest absolute Gasteiger partial charge is 0.315 e. The topological polar surface area (TPSA) is 186 Å². The molecule has 0 aromatic rings. The van der Waals surface area contributed by atoms with Gasteiger partial charge in [-0.1, -0.05) is 50.2 Å². The maximum absolute atomic E-state index is 13.0. The van der Waals surface area contributed by atoms with Crippen LogP contribution in [0.1, 0.15) is 107 Å². The number of allylic oxidation sites excluding steroid dienone is 2. The van der Waals surface area contributed by atoms with Crippen molar-refractivity contribution in [3.05, 3.63) is 33.2 Å². The van der Waals surface area contributed by atoms with Crippen LogP contribution in [0.3, 0.4) is 0 Å². The summed E-state index contributed by atoms with van der Waals surface area (Å²) in [5.41, 5.74) is 1.15. The van der Waals surface area contributed by atoms with Crippen molar-refractivity contribution in [3.8, 4) is 0 Å². The lowest BCUT2D eigenvalue weighted by Crippen LogP contribution is -2.54. The van der Waals surface area contributed by atoms with Crippen molar-refractivity contribution in [2.24, 2.45) is 0 Å². The van der Waals surface area contributed by atoms with E-state index in [9.17, 15) is 28.8 Å². The molecule has 0 aliphatic carbocycles. The average Bonchev–Trinajstić information content (AvgIpc) is 3.00. The van der Waals surface area contributed by atoms with Crippen molar-refractivity contribution in [2.45, 2.75) is 131 Å². The van der Waals surface area contributed by atoms with Gasteiger partial charge in [0.25, 0.3) is 0 Å². The minimum absolute atomic E-state index is 0.0220. The summed E-state index contributed by atoms with van der Waals surface area (Å²) in [4.78, 5) is 77.7. The van der Waals surface area contributed by atoms with Gasteiger partial charge >= 0.3 is 35.8 Å². The van der Waals surface area contributed by atoms with Crippen LogP contribution in [0.5, 0.6) is 0 Å². The molecule has 0 unspecified atom stereocenters. The molecule has 4 atom stereocenters. The molecule has 0 fully saturated rings. The first-order chi connectivity index (χ1) is 22.7. The molecule has 0 amide bonds.